The smallest absolute Gasteiger partial charge is 0.161 e. The van der Waals surface area contributed by atoms with Gasteiger partial charge in [0.1, 0.15) is 0 Å². The molecule has 1 saturated heterocycles. The average molecular weight is 301 g/mol. The van der Waals surface area contributed by atoms with Gasteiger partial charge in [-0.1, -0.05) is 19.1 Å². The maximum atomic E-state index is 10.8. The SMILES string of the molecule is C=CCCC12CCN(C)C(Cc3ccc(OC)c(O)c31)C2C. The van der Waals surface area contributed by atoms with E-state index in [0.29, 0.717) is 23.5 Å². The summed E-state index contributed by atoms with van der Waals surface area (Å²) in [5.41, 5.74) is 2.47. The molecule has 3 atom stereocenters. The summed E-state index contributed by atoms with van der Waals surface area (Å²) in [4.78, 5) is 2.49. The maximum Gasteiger partial charge on any atom is 0.161 e. The lowest BCUT2D eigenvalue weighted by Crippen LogP contribution is -2.57. The van der Waals surface area contributed by atoms with Crippen molar-refractivity contribution < 1.29 is 9.84 Å². The third-order valence-electron chi connectivity index (χ3n) is 6.09. The summed E-state index contributed by atoms with van der Waals surface area (Å²) < 4.78 is 5.37. The number of piperidine rings is 1. The standard InChI is InChI=1S/C19H27NO2/c1-5-6-9-19-10-11-20(3)15(13(19)2)12-14-7-8-16(22-4)18(21)17(14)19/h5,7-8,13,15,21H,1,6,9-12H2,2-4H3. The van der Waals surface area contributed by atoms with Crippen molar-refractivity contribution >= 4 is 0 Å². The normalized spacial score (nSPS) is 30.7. The number of likely N-dealkylation sites (N-methyl/N-ethyl adjacent to an activating group) is 1. The lowest BCUT2D eigenvalue weighted by atomic mass is 9.56. The van der Waals surface area contributed by atoms with Crippen molar-refractivity contribution in [1.29, 1.82) is 0 Å². The summed E-state index contributed by atoms with van der Waals surface area (Å²) in [5, 5.41) is 10.8. The van der Waals surface area contributed by atoms with Gasteiger partial charge in [-0.3, -0.25) is 0 Å². The van der Waals surface area contributed by atoms with Crippen LogP contribution in [0.4, 0.5) is 0 Å². The number of allylic oxidation sites excluding steroid dienone is 1. The number of hydrogen-bond donors (Lipinski definition) is 1. The predicted octanol–water partition coefficient (Wildman–Crippen LogP) is 3.50. The molecule has 3 nitrogen and oxygen atoms in total. The molecule has 1 aromatic rings. The molecule has 120 valence electrons. The molecule has 0 spiro atoms. The number of likely N-dealkylation sites (tertiary alicyclic amines) is 1. The molecule has 2 bridgehead atoms. The van der Waals surface area contributed by atoms with Crippen LogP contribution in [0.5, 0.6) is 11.5 Å². The van der Waals surface area contributed by atoms with Gasteiger partial charge >= 0.3 is 0 Å². The number of rotatable bonds is 4. The molecule has 0 aromatic heterocycles. The van der Waals surface area contributed by atoms with Crippen LogP contribution in [0.2, 0.25) is 0 Å². The van der Waals surface area contributed by atoms with E-state index in [1.807, 2.05) is 12.1 Å². The minimum absolute atomic E-state index is 0.0393. The van der Waals surface area contributed by atoms with Crippen LogP contribution in [0.15, 0.2) is 24.8 Å². The van der Waals surface area contributed by atoms with E-state index >= 15 is 0 Å². The van der Waals surface area contributed by atoms with Crippen LogP contribution >= 0.6 is 0 Å². The lowest BCUT2D eigenvalue weighted by molar-refractivity contribution is 0.0346. The largest absolute Gasteiger partial charge is 0.504 e. The van der Waals surface area contributed by atoms with E-state index < -0.39 is 0 Å². The van der Waals surface area contributed by atoms with Crippen molar-refractivity contribution in [2.75, 3.05) is 20.7 Å². The van der Waals surface area contributed by atoms with Gasteiger partial charge in [-0.2, -0.15) is 0 Å². The Morgan fingerprint density at radius 3 is 2.95 bits per heavy atom. The van der Waals surface area contributed by atoms with Crippen LogP contribution in [0, 0.1) is 5.92 Å². The first-order valence-corrected chi connectivity index (χ1v) is 8.25. The van der Waals surface area contributed by atoms with Crippen molar-refractivity contribution in [3.8, 4) is 11.5 Å². The third kappa shape index (κ3) is 2.06. The fraction of sp³-hybridized carbons (Fsp3) is 0.579. The Balaban J connectivity index is 2.18. The Bertz CT molecular complexity index is 583. The van der Waals surface area contributed by atoms with Gasteiger partial charge in [0.15, 0.2) is 11.5 Å². The van der Waals surface area contributed by atoms with Gasteiger partial charge in [-0.25, -0.2) is 0 Å². The molecule has 1 aromatic carbocycles. The molecule has 3 rings (SSSR count). The first-order chi connectivity index (χ1) is 10.5. The zero-order valence-electron chi connectivity index (χ0n) is 13.9. The molecule has 1 aliphatic carbocycles. The zero-order valence-corrected chi connectivity index (χ0v) is 13.9. The number of aromatic hydroxyl groups is 1. The first-order valence-electron chi connectivity index (χ1n) is 8.25. The number of methoxy groups -OCH3 is 1. The van der Waals surface area contributed by atoms with Crippen LogP contribution in [-0.4, -0.2) is 36.8 Å². The molecule has 0 saturated carbocycles. The highest BCUT2D eigenvalue weighted by Crippen LogP contribution is 2.55. The molecule has 1 aliphatic heterocycles. The molecule has 0 amide bonds. The predicted molar refractivity (Wildman–Crippen MR) is 89.7 cm³/mol. The van der Waals surface area contributed by atoms with Crippen molar-refractivity contribution in [3.05, 3.63) is 35.9 Å². The number of hydrogen-bond acceptors (Lipinski definition) is 3. The van der Waals surface area contributed by atoms with E-state index in [1.54, 1.807) is 7.11 Å². The van der Waals surface area contributed by atoms with E-state index in [1.165, 1.54) is 5.56 Å². The molecule has 1 heterocycles. The van der Waals surface area contributed by atoms with Crippen molar-refractivity contribution in [2.45, 2.75) is 44.1 Å². The summed E-state index contributed by atoms with van der Waals surface area (Å²) in [6.45, 7) is 7.34. The summed E-state index contributed by atoms with van der Waals surface area (Å²) in [7, 11) is 3.86. The monoisotopic (exact) mass is 301 g/mol. The molecule has 3 heteroatoms. The number of phenolic OH excluding ortho intramolecular Hbond substituents is 1. The Labute approximate surface area is 133 Å². The summed E-state index contributed by atoms with van der Waals surface area (Å²) >= 11 is 0. The number of ether oxygens (including phenoxy) is 1. The second-order valence-electron chi connectivity index (χ2n) is 6.92. The number of fused-ring (bicyclic) bond motifs is 4. The molecule has 2 aliphatic rings. The Morgan fingerprint density at radius 1 is 1.50 bits per heavy atom. The molecule has 1 fully saturated rings. The Morgan fingerprint density at radius 2 is 2.27 bits per heavy atom. The fourth-order valence-corrected chi connectivity index (χ4v) is 4.77. The molecule has 22 heavy (non-hydrogen) atoms. The van der Waals surface area contributed by atoms with Gasteiger partial charge in [-0.05, 0) is 56.8 Å². The zero-order chi connectivity index (χ0) is 15.9. The number of phenols is 1. The topological polar surface area (TPSA) is 32.7 Å². The summed E-state index contributed by atoms with van der Waals surface area (Å²) in [6, 6.07) is 4.61. The second kappa shape index (κ2) is 5.62. The van der Waals surface area contributed by atoms with E-state index in [2.05, 4.69) is 31.5 Å². The van der Waals surface area contributed by atoms with Crippen LogP contribution in [0.3, 0.4) is 0 Å². The molecular formula is C19H27NO2. The quantitative estimate of drug-likeness (QED) is 0.864. The summed E-state index contributed by atoms with van der Waals surface area (Å²) in [5.74, 6) is 1.48. The van der Waals surface area contributed by atoms with E-state index in [4.69, 9.17) is 4.74 Å². The van der Waals surface area contributed by atoms with Gasteiger partial charge < -0.3 is 14.7 Å². The van der Waals surface area contributed by atoms with Crippen molar-refractivity contribution in [2.24, 2.45) is 5.92 Å². The number of benzene rings is 1. The second-order valence-corrected chi connectivity index (χ2v) is 6.92. The van der Waals surface area contributed by atoms with E-state index in [0.717, 1.165) is 37.8 Å². The highest BCUT2D eigenvalue weighted by atomic mass is 16.5. The molecular weight excluding hydrogens is 274 g/mol. The third-order valence-corrected chi connectivity index (χ3v) is 6.09. The molecule has 0 radical (unpaired) electrons. The summed E-state index contributed by atoms with van der Waals surface area (Å²) in [6.07, 6.45) is 6.13. The molecule has 3 unspecified atom stereocenters. The van der Waals surface area contributed by atoms with Gasteiger partial charge in [0.05, 0.1) is 7.11 Å². The molecule has 1 N–H and O–H groups in total. The van der Waals surface area contributed by atoms with E-state index in [-0.39, 0.29) is 5.41 Å². The highest BCUT2D eigenvalue weighted by molar-refractivity contribution is 5.56. The van der Waals surface area contributed by atoms with Crippen LogP contribution in [-0.2, 0) is 11.8 Å². The number of nitrogens with zero attached hydrogens (tertiary/aromatic N) is 1. The Kier molecular flexibility index (Phi) is 3.94. The lowest BCUT2D eigenvalue weighted by Gasteiger charge is -2.55. The fourth-order valence-electron chi connectivity index (χ4n) is 4.77. The first kappa shape index (κ1) is 15.4. The van der Waals surface area contributed by atoms with Crippen molar-refractivity contribution in [1.82, 2.24) is 4.90 Å². The Hall–Kier alpha value is -1.48. The average Bonchev–Trinajstić information content (AvgIpc) is 2.51. The van der Waals surface area contributed by atoms with Crippen LogP contribution in [0.25, 0.3) is 0 Å². The van der Waals surface area contributed by atoms with Crippen LogP contribution < -0.4 is 4.74 Å². The minimum atomic E-state index is 0.0393. The van der Waals surface area contributed by atoms with Gasteiger partial charge in [-0.15, -0.1) is 6.58 Å². The van der Waals surface area contributed by atoms with Crippen molar-refractivity contribution in [3.63, 3.8) is 0 Å². The van der Waals surface area contributed by atoms with Gasteiger partial charge in [0.2, 0.25) is 0 Å². The highest BCUT2D eigenvalue weighted by Gasteiger charge is 2.51. The van der Waals surface area contributed by atoms with Gasteiger partial charge in [0, 0.05) is 17.0 Å². The van der Waals surface area contributed by atoms with Gasteiger partial charge in [0.25, 0.3) is 0 Å². The minimum Gasteiger partial charge on any atom is -0.504 e. The van der Waals surface area contributed by atoms with E-state index in [9.17, 15) is 5.11 Å². The van der Waals surface area contributed by atoms with Crippen LogP contribution in [0.1, 0.15) is 37.3 Å². The maximum absolute atomic E-state index is 10.8.